The zero-order valence-corrected chi connectivity index (χ0v) is 10.0. The zero-order chi connectivity index (χ0) is 12.0. The van der Waals surface area contributed by atoms with Crippen LogP contribution in [0, 0.1) is 0 Å². The lowest BCUT2D eigenvalue weighted by atomic mass is 10.4. The lowest BCUT2D eigenvalue weighted by molar-refractivity contribution is 0.413. The molecule has 0 radical (unpaired) electrons. The molecular weight excluding hydrogens is 230 g/mol. The summed E-state index contributed by atoms with van der Waals surface area (Å²) in [4.78, 5) is 4.04. The third kappa shape index (κ3) is 4.03. The Morgan fingerprint density at radius 2 is 2.19 bits per heavy atom. The molecule has 0 saturated carbocycles. The summed E-state index contributed by atoms with van der Waals surface area (Å²) in [6, 6.07) is 3.48. The van der Waals surface area contributed by atoms with E-state index in [1.807, 2.05) is 0 Å². The van der Waals surface area contributed by atoms with E-state index in [0.717, 1.165) is 0 Å². The number of nitrogens with one attached hydrogen (secondary N) is 2. The Kier molecular flexibility index (Phi) is 4.51. The van der Waals surface area contributed by atoms with Gasteiger partial charge in [-0.1, -0.05) is 0 Å². The number of hydrogen-bond acceptors (Lipinski definition) is 5. The molecule has 0 aliphatic rings. The van der Waals surface area contributed by atoms with Crippen LogP contribution in [0.25, 0.3) is 0 Å². The fraction of sp³-hybridized carbons (Fsp3) is 0.444. The average Bonchev–Trinajstić information content (AvgIpc) is 2.30. The first kappa shape index (κ1) is 12.7. The van der Waals surface area contributed by atoms with Gasteiger partial charge in [0.1, 0.15) is 11.6 Å². The lowest BCUT2D eigenvalue weighted by Crippen LogP contribution is -2.26. The second-order valence-corrected chi connectivity index (χ2v) is 5.08. The highest BCUT2D eigenvalue weighted by atomic mass is 32.2. The summed E-state index contributed by atoms with van der Waals surface area (Å²) in [7, 11) is -0.218. The Hall–Kier alpha value is -1.34. The number of sulfonamides is 1. The molecule has 90 valence electrons. The van der Waals surface area contributed by atoms with Gasteiger partial charge in [-0.3, -0.25) is 0 Å². The molecule has 1 aromatic rings. The molecule has 0 aromatic carbocycles. The standard InChI is InChI=1S/C9H15N3O3S/c1-10-16(13,14)6-5-11-9-4-3-8(15-2)7-12-9/h3-4,7,10H,5-6H2,1-2H3,(H,11,12). The molecule has 0 atom stereocenters. The SMILES string of the molecule is CNS(=O)(=O)CCNc1ccc(OC)cn1. The van der Waals surface area contributed by atoms with Gasteiger partial charge in [-0.15, -0.1) is 0 Å². The highest BCUT2D eigenvalue weighted by Crippen LogP contribution is 2.10. The van der Waals surface area contributed by atoms with Crippen molar-refractivity contribution in [3.63, 3.8) is 0 Å². The van der Waals surface area contributed by atoms with Crippen molar-refractivity contribution in [2.24, 2.45) is 0 Å². The minimum absolute atomic E-state index is 0.0111. The zero-order valence-electron chi connectivity index (χ0n) is 9.23. The maximum atomic E-state index is 11.1. The number of hydrogen-bond donors (Lipinski definition) is 2. The number of pyridine rings is 1. The van der Waals surface area contributed by atoms with Gasteiger partial charge in [0.25, 0.3) is 0 Å². The molecule has 1 aromatic heterocycles. The Morgan fingerprint density at radius 1 is 1.44 bits per heavy atom. The molecule has 0 fully saturated rings. The van der Waals surface area contributed by atoms with Crippen LogP contribution in [0.3, 0.4) is 0 Å². The number of aromatic nitrogens is 1. The quantitative estimate of drug-likeness (QED) is 0.740. The van der Waals surface area contributed by atoms with Crippen molar-refractivity contribution in [1.29, 1.82) is 0 Å². The van der Waals surface area contributed by atoms with E-state index in [1.54, 1.807) is 25.4 Å². The predicted molar refractivity (Wildman–Crippen MR) is 62.1 cm³/mol. The van der Waals surface area contributed by atoms with Crippen LogP contribution in [-0.4, -0.2) is 39.9 Å². The largest absolute Gasteiger partial charge is 0.495 e. The van der Waals surface area contributed by atoms with Gasteiger partial charge < -0.3 is 10.1 Å². The molecule has 0 unspecified atom stereocenters. The van der Waals surface area contributed by atoms with Gasteiger partial charge in [0.15, 0.2) is 0 Å². The third-order valence-corrected chi connectivity index (χ3v) is 3.32. The predicted octanol–water partition coefficient (Wildman–Crippen LogP) is 0.0513. The number of methoxy groups -OCH3 is 1. The van der Waals surface area contributed by atoms with E-state index in [0.29, 0.717) is 18.1 Å². The van der Waals surface area contributed by atoms with Crippen molar-refractivity contribution < 1.29 is 13.2 Å². The van der Waals surface area contributed by atoms with Gasteiger partial charge >= 0.3 is 0 Å². The van der Waals surface area contributed by atoms with Crippen molar-refractivity contribution >= 4 is 15.8 Å². The Labute approximate surface area is 95.1 Å². The summed E-state index contributed by atoms with van der Waals surface area (Å²) in [5, 5.41) is 2.90. The second kappa shape index (κ2) is 5.66. The van der Waals surface area contributed by atoms with Crippen LogP contribution >= 0.6 is 0 Å². The Bertz CT molecular complexity index is 416. The van der Waals surface area contributed by atoms with Gasteiger partial charge in [0, 0.05) is 6.54 Å². The van der Waals surface area contributed by atoms with E-state index in [1.165, 1.54) is 7.05 Å². The Morgan fingerprint density at radius 3 is 2.69 bits per heavy atom. The minimum atomic E-state index is -3.17. The fourth-order valence-corrected chi connectivity index (χ4v) is 1.60. The van der Waals surface area contributed by atoms with Crippen LogP contribution in [0.1, 0.15) is 0 Å². The van der Waals surface area contributed by atoms with Crippen LogP contribution in [0.2, 0.25) is 0 Å². The minimum Gasteiger partial charge on any atom is -0.495 e. The van der Waals surface area contributed by atoms with Crippen molar-refractivity contribution in [1.82, 2.24) is 9.71 Å². The summed E-state index contributed by atoms with van der Waals surface area (Å²) < 4.78 is 29.4. The molecule has 0 spiro atoms. The molecule has 0 amide bonds. The maximum Gasteiger partial charge on any atom is 0.213 e. The first-order valence-electron chi connectivity index (χ1n) is 4.72. The molecule has 7 heteroatoms. The van der Waals surface area contributed by atoms with Crippen molar-refractivity contribution in [3.8, 4) is 5.75 Å². The van der Waals surface area contributed by atoms with Gasteiger partial charge in [0.05, 0.1) is 19.1 Å². The van der Waals surface area contributed by atoms with E-state index in [9.17, 15) is 8.42 Å². The highest BCUT2D eigenvalue weighted by molar-refractivity contribution is 7.89. The topological polar surface area (TPSA) is 80.3 Å². The Balaban J connectivity index is 2.43. The maximum absolute atomic E-state index is 11.1. The molecule has 1 rings (SSSR count). The molecule has 0 saturated heterocycles. The molecular formula is C9H15N3O3S. The van der Waals surface area contributed by atoms with E-state index < -0.39 is 10.0 Å². The van der Waals surface area contributed by atoms with Gasteiger partial charge in [-0.05, 0) is 19.2 Å². The molecule has 0 aliphatic carbocycles. The number of rotatable bonds is 6. The molecule has 1 heterocycles. The molecule has 0 bridgehead atoms. The van der Waals surface area contributed by atoms with Crippen LogP contribution in [0.4, 0.5) is 5.82 Å². The van der Waals surface area contributed by atoms with E-state index >= 15 is 0 Å². The van der Waals surface area contributed by atoms with Crippen LogP contribution in [0.5, 0.6) is 5.75 Å². The third-order valence-electron chi connectivity index (χ3n) is 1.96. The van der Waals surface area contributed by atoms with Crippen molar-refractivity contribution in [3.05, 3.63) is 18.3 Å². The molecule has 0 aliphatic heterocycles. The molecule has 2 N–H and O–H groups in total. The normalized spacial score (nSPS) is 11.1. The number of ether oxygens (including phenoxy) is 1. The van der Waals surface area contributed by atoms with Crippen LogP contribution in [0.15, 0.2) is 18.3 Å². The summed E-state index contributed by atoms with van der Waals surface area (Å²) in [6.07, 6.45) is 1.56. The average molecular weight is 245 g/mol. The highest BCUT2D eigenvalue weighted by Gasteiger charge is 2.05. The number of nitrogens with zero attached hydrogens (tertiary/aromatic N) is 1. The number of anilines is 1. The summed E-state index contributed by atoms with van der Waals surface area (Å²) in [5.74, 6) is 1.29. The monoisotopic (exact) mass is 245 g/mol. The van der Waals surface area contributed by atoms with E-state index in [-0.39, 0.29) is 5.75 Å². The lowest BCUT2D eigenvalue weighted by Gasteiger charge is -2.06. The second-order valence-electron chi connectivity index (χ2n) is 3.03. The summed E-state index contributed by atoms with van der Waals surface area (Å²) in [5.41, 5.74) is 0. The van der Waals surface area contributed by atoms with Crippen molar-refractivity contribution in [2.75, 3.05) is 31.8 Å². The van der Waals surface area contributed by atoms with Crippen LogP contribution < -0.4 is 14.8 Å². The summed E-state index contributed by atoms with van der Waals surface area (Å²) >= 11 is 0. The molecule has 16 heavy (non-hydrogen) atoms. The smallest absolute Gasteiger partial charge is 0.213 e. The van der Waals surface area contributed by atoms with Gasteiger partial charge in [-0.2, -0.15) is 0 Å². The first-order valence-corrected chi connectivity index (χ1v) is 6.38. The molecule has 6 nitrogen and oxygen atoms in total. The van der Waals surface area contributed by atoms with Crippen LogP contribution in [-0.2, 0) is 10.0 Å². The first-order chi connectivity index (χ1) is 7.57. The fourth-order valence-electron chi connectivity index (χ4n) is 1.02. The summed E-state index contributed by atoms with van der Waals surface area (Å²) in [6.45, 7) is 0.308. The van der Waals surface area contributed by atoms with Gasteiger partial charge in [0.2, 0.25) is 10.0 Å². The van der Waals surface area contributed by atoms with Gasteiger partial charge in [-0.25, -0.2) is 18.1 Å². The van der Waals surface area contributed by atoms with E-state index in [2.05, 4.69) is 15.0 Å². The van der Waals surface area contributed by atoms with E-state index in [4.69, 9.17) is 4.74 Å². The van der Waals surface area contributed by atoms with Crippen molar-refractivity contribution in [2.45, 2.75) is 0 Å².